The number of ether oxygens (including phenoxy) is 5. The highest BCUT2D eigenvalue weighted by Gasteiger charge is 2.70. The Morgan fingerprint density at radius 3 is 2.05 bits per heavy atom. The van der Waals surface area contributed by atoms with Gasteiger partial charge in [-0.3, -0.25) is 19.2 Å². The molecule has 0 radical (unpaired) electrons. The molecule has 61 heavy (non-hydrogen) atoms. The molecule has 0 amide bonds. The van der Waals surface area contributed by atoms with Crippen molar-refractivity contribution in [3.63, 3.8) is 0 Å². The third-order valence-corrected chi connectivity index (χ3v) is 17.0. The molecule has 0 aliphatic heterocycles. The van der Waals surface area contributed by atoms with Crippen molar-refractivity contribution >= 4 is 23.5 Å². The van der Waals surface area contributed by atoms with Crippen molar-refractivity contribution in [3.05, 3.63) is 47.5 Å². The fourth-order valence-corrected chi connectivity index (χ4v) is 13.5. The monoisotopic (exact) mass is 847 g/mol. The van der Waals surface area contributed by atoms with E-state index >= 15 is 0 Å². The van der Waals surface area contributed by atoms with Crippen LogP contribution in [0.25, 0.3) is 0 Å². The van der Waals surface area contributed by atoms with Crippen molar-refractivity contribution in [1.82, 2.24) is 0 Å². The maximum Gasteiger partial charge on any atom is 0.312 e. The van der Waals surface area contributed by atoms with Gasteiger partial charge in [0.05, 0.1) is 44.9 Å². The van der Waals surface area contributed by atoms with E-state index in [1.54, 1.807) is 0 Å². The van der Waals surface area contributed by atoms with Crippen LogP contribution in [0.5, 0.6) is 0 Å². The number of fused-ring (bicyclic) bond motifs is 7. The molecular formula is C52H78O9. The molecule has 5 aliphatic rings. The van der Waals surface area contributed by atoms with Crippen molar-refractivity contribution in [2.24, 2.45) is 56.2 Å². The van der Waals surface area contributed by atoms with Crippen LogP contribution in [0.1, 0.15) is 152 Å². The number of ketones is 2. The highest BCUT2D eigenvalue weighted by molar-refractivity contribution is 5.96. The van der Waals surface area contributed by atoms with Gasteiger partial charge in [-0.05, 0) is 142 Å². The summed E-state index contributed by atoms with van der Waals surface area (Å²) >= 11 is 0. The van der Waals surface area contributed by atoms with Gasteiger partial charge >= 0.3 is 11.9 Å². The molecule has 0 spiro atoms. The maximum atomic E-state index is 15.0. The number of carbonyl (C=O) groups is 4. The number of hydrogen-bond donors (Lipinski definition) is 0. The number of hydrogen-bond acceptors (Lipinski definition) is 9. The van der Waals surface area contributed by atoms with Crippen LogP contribution in [0.15, 0.2) is 42.0 Å². The number of Topliss-reactive ketones (excluding diaryl/α,β-unsaturated/α-hetero) is 1. The van der Waals surface area contributed by atoms with Gasteiger partial charge in [0.1, 0.15) is 18.0 Å². The van der Waals surface area contributed by atoms with Gasteiger partial charge in [0.2, 0.25) is 0 Å². The summed E-state index contributed by atoms with van der Waals surface area (Å²) in [6.07, 6.45) is 11.8. The van der Waals surface area contributed by atoms with Gasteiger partial charge < -0.3 is 23.7 Å². The van der Waals surface area contributed by atoms with E-state index in [0.717, 1.165) is 63.4 Å². The van der Waals surface area contributed by atoms with Crippen molar-refractivity contribution in [1.29, 1.82) is 0 Å². The minimum Gasteiger partial charge on any atom is -0.460 e. The lowest BCUT2D eigenvalue weighted by Crippen LogP contribution is -2.66. The molecule has 4 saturated carbocycles. The van der Waals surface area contributed by atoms with E-state index in [2.05, 4.69) is 54.5 Å². The fourth-order valence-electron chi connectivity index (χ4n) is 13.5. The van der Waals surface area contributed by atoms with E-state index in [-0.39, 0.29) is 81.5 Å². The Hall–Kier alpha value is -2.88. The third-order valence-electron chi connectivity index (χ3n) is 17.0. The first-order valence-electron chi connectivity index (χ1n) is 23.5. The zero-order valence-corrected chi connectivity index (χ0v) is 39.4. The van der Waals surface area contributed by atoms with Crippen molar-refractivity contribution in [2.45, 2.75) is 158 Å². The summed E-state index contributed by atoms with van der Waals surface area (Å²) in [5, 5.41) is 0. The molecule has 9 heteroatoms. The number of esters is 2. The molecule has 0 aromatic heterocycles. The lowest BCUT2D eigenvalue weighted by atomic mass is 9.33. The minimum absolute atomic E-state index is 0.0362. The zero-order valence-electron chi connectivity index (χ0n) is 39.4. The van der Waals surface area contributed by atoms with Gasteiger partial charge in [-0.1, -0.05) is 77.4 Å². The van der Waals surface area contributed by atoms with Crippen LogP contribution in [-0.2, 0) is 49.5 Å². The Morgan fingerprint density at radius 1 is 0.738 bits per heavy atom. The average Bonchev–Trinajstić information content (AvgIpc) is 3.18. The van der Waals surface area contributed by atoms with E-state index in [9.17, 15) is 19.2 Å². The number of rotatable bonds is 17. The van der Waals surface area contributed by atoms with Gasteiger partial charge in [0.15, 0.2) is 5.78 Å². The molecule has 0 unspecified atom stereocenters. The Labute approximate surface area is 367 Å². The van der Waals surface area contributed by atoms with Crippen LogP contribution in [0, 0.1) is 56.2 Å². The lowest BCUT2D eigenvalue weighted by Gasteiger charge is -2.70. The van der Waals surface area contributed by atoms with Gasteiger partial charge in [-0.2, -0.15) is 0 Å². The van der Waals surface area contributed by atoms with Gasteiger partial charge in [-0.15, -0.1) is 0 Å². The van der Waals surface area contributed by atoms with E-state index in [1.165, 1.54) is 5.57 Å². The summed E-state index contributed by atoms with van der Waals surface area (Å²) < 4.78 is 28.2. The fraction of sp³-hybridized carbons (Fsp3) is 0.769. The van der Waals surface area contributed by atoms with Crippen LogP contribution in [0.4, 0.5) is 0 Å². The second-order valence-electron chi connectivity index (χ2n) is 22.5. The highest BCUT2D eigenvalue weighted by Crippen LogP contribution is 2.75. The van der Waals surface area contributed by atoms with Gasteiger partial charge in [0.25, 0.3) is 0 Å². The quantitative estimate of drug-likeness (QED) is 0.112. The minimum atomic E-state index is -0.596. The Balaban J connectivity index is 1.02. The standard InChI is InChI=1S/C52H78O9/c1-46(2,3)61-43(55)20-28-58-30-32-59-31-29-57-27-14-17-40(53)37-18-21-50(8)42(47(37,4)5)19-22-52(10)44(50)41(54)33-38-39-34-49(7,24-23-48(39,6)25-26-51(38,52)9)45(56)60-35-36-15-12-11-13-16-36/h11-13,15-16,33,37,39,42,44H,14,17-32,34-35H2,1-10H3/t37-,39+,42+,44-,48-,49+,50+,51-,52-/m1/s1. The second kappa shape index (κ2) is 18.3. The van der Waals surface area contributed by atoms with E-state index in [0.29, 0.717) is 58.3 Å². The molecule has 5 aliphatic carbocycles. The van der Waals surface area contributed by atoms with Crippen molar-refractivity contribution < 1.29 is 42.9 Å². The molecule has 6 rings (SSSR count). The summed E-state index contributed by atoms with van der Waals surface area (Å²) in [6.45, 7) is 24.7. The summed E-state index contributed by atoms with van der Waals surface area (Å²) in [5.74, 6) is 0.495. The number of benzene rings is 1. The van der Waals surface area contributed by atoms with E-state index in [4.69, 9.17) is 23.7 Å². The predicted molar refractivity (Wildman–Crippen MR) is 236 cm³/mol. The predicted octanol–water partition coefficient (Wildman–Crippen LogP) is 10.5. The molecule has 0 bridgehead atoms. The zero-order chi connectivity index (χ0) is 44.5. The molecule has 0 saturated heterocycles. The second-order valence-corrected chi connectivity index (χ2v) is 22.5. The van der Waals surface area contributed by atoms with Gasteiger partial charge in [0, 0.05) is 24.9 Å². The lowest BCUT2D eigenvalue weighted by molar-refractivity contribution is -0.194. The Bertz CT molecular complexity index is 1780. The molecule has 0 N–H and O–H groups in total. The van der Waals surface area contributed by atoms with Crippen molar-refractivity contribution in [3.8, 4) is 0 Å². The first kappa shape index (κ1) is 47.6. The number of allylic oxidation sites excluding steroid dienone is 2. The van der Waals surface area contributed by atoms with Crippen LogP contribution in [0.3, 0.4) is 0 Å². The van der Waals surface area contributed by atoms with E-state index < -0.39 is 11.0 Å². The number of carbonyl (C=O) groups excluding carboxylic acids is 4. The topological polar surface area (TPSA) is 114 Å². The smallest absolute Gasteiger partial charge is 0.312 e. The summed E-state index contributed by atoms with van der Waals surface area (Å²) in [4.78, 5) is 54.5. The Kier molecular flexibility index (Phi) is 14.3. The van der Waals surface area contributed by atoms with Crippen molar-refractivity contribution in [2.75, 3.05) is 39.6 Å². The molecule has 9 atom stereocenters. The summed E-state index contributed by atoms with van der Waals surface area (Å²) in [6, 6.07) is 9.90. The average molecular weight is 847 g/mol. The first-order chi connectivity index (χ1) is 28.6. The van der Waals surface area contributed by atoms with Crippen LogP contribution in [-0.4, -0.2) is 68.7 Å². The SMILES string of the molecule is CC(C)(C)OC(=O)CCOCCOCCOCCCC(=O)[C@H]1CC[C@]2(C)[C@H]3C(=O)C=C4[C@@H]5C[C@@](C)(C(=O)OCc6ccccc6)CC[C@]5(C)CC[C@@]4(C)[C@]3(C)CC[C@H]2C1(C)C. The molecule has 0 heterocycles. The van der Waals surface area contributed by atoms with Gasteiger partial charge in [-0.25, -0.2) is 0 Å². The van der Waals surface area contributed by atoms with Crippen LogP contribution < -0.4 is 0 Å². The first-order valence-corrected chi connectivity index (χ1v) is 23.5. The molecule has 1 aromatic rings. The highest BCUT2D eigenvalue weighted by atomic mass is 16.6. The molecule has 4 fully saturated rings. The van der Waals surface area contributed by atoms with Crippen LogP contribution in [0.2, 0.25) is 0 Å². The largest absolute Gasteiger partial charge is 0.460 e. The third kappa shape index (κ3) is 9.65. The van der Waals surface area contributed by atoms with E-state index in [1.807, 2.05) is 51.1 Å². The molecular weight excluding hydrogens is 769 g/mol. The Morgan fingerprint density at radius 2 is 1.38 bits per heavy atom. The maximum absolute atomic E-state index is 15.0. The van der Waals surface area contributed by atoms with Crippen LogP contribution >= 0.6 is 0 Å². The molecule has 1 aromatic carbocycles. The summed E-state index contributed by atoms with van der Waals surface area (Å²) in [5.41, 5.74) is 0.476. The molecule has 9 nitrogen and oxygen atoms in total. The summed E-state index contributed by atoms with van der Waals surface area (Å²) in [7, 11) is 0. The normalized spacial score (nSPS) is 35.4. The molecule has 340 valence electrons.